The predicted octanol–water partition coefficient (Wildman–Crippen LogP) is 7.43. The number of alkyl halides is 2. The fraction of sp³-hybridized carbons (Fsp3) is 1.00. The van der Waals surface area contributed by atoms with E-state index in [4.69, 9.17) is 11.6 Å². The molecule has 0 amide bonds. The van der Waals surface area contributed by atoms with Crippen molar-refractivity contribution >= 4 is 11.6 Å². The van der Waals surface area contributed by atoms with Crippen LogP contribution in [0.15, 0.2) is 0 Å². The molecule has 0 N–H and O–H groups in total. The molecule has 2 heteroatoms. The minimum atomic E-state index is -0.175. The van der Waals surface area contributed by atoms with Crippen LogP contribution in [0.1, 0.15) is 103 Å². The number of halogens is 2. The summed E-state index contributed by atoms with van der Waals surface area (Å²) in [4.78, 5) is 0. The topological polar surface area (TPSA) is 0 Å². The van der Waals surface area contributed by atoms with Crippen molar-refractivity contribution in [1.82, 2.24) is 0 Å². The van der Waals surface area contributed by atoms with Crippen LogP contribution in [0.3, 0.4) is 0 Å². The van der Waals surface area contributed by atoms with Crippen molar-refractivity contribution in [3.8, 4) is 0 Å². The summed E-state index contributed by atoms with van der Waals surface area (Å²) >= 11 is 6.28. The maximum Gasteiger partial charge on any atom is 0.0894 e. The van der Waals surface area contributed by atoms with Crippen LogP contribution in [0, 0.1) is 0 Å². The zero-order valence-corrected chi connectivity index (χ0v) is 14.4. The Morgan fingerprint density at radius 2 is 1.05 bits per heavy atom. The quantitative estimate of drug-likeness (QED) is 0.205. The third kappa shape index (κ3) is 16.3. The average Bonchev–Trinajstić information content (AvgIpc) is 2.45. The Kier molecular flexibility index (Phi) is 17.5. The molecule has 0 aromatic rings. The molecule has 0 saturated carbocycles. The van der Waals surface area contributed by atoms with E-state index in [0.29, 0.717) is 11.8 Å². The van der Waals surface area contributed by atoms with Gasteiger partial charge >= 0.3 is 0 Å². The highest BCUT2D eigenvalue weighted by molar-refractivity contribution is 6.20. The van der Waals surface area contributed by atoms with E-state index in [0.717, 1.165) is 25.7 Å². The lowest BCUT2D eigenvalue weighted by atomic mass is 10.0. The van der Waals surface area contributed by atoms with Crippen LogP contribution >= 0.6 is 11.6 Å². The van der Waals surface area contributed by atoms with Crippen LogP contribution in [0.2, 0.25) is 0 Å². The fourth-order valence-corrected chi connectivity index (χ4v) is 2.94. The summed E-state index contributed by atoms with van der Waals surface area (Å²) < 4.78 is 11.9. The van der Waals surface area contributed by atoms with E-state index in [-0.39, 0.29) is 6.67 Å². The molecule has 0 heterocycles. The summed E-state index contributed by atoms with van der Waals surface area (Å²) in [5, 5.41) is 0.323. The Bertz CT molecular complexity index is 173. The molecular weight excluding hydrogens is 271 g/mol. The maximum absolute atomic E-state index is 11.9. The summed E-state index contributed by atoms with van der Waals surface area (Å²) in [6, 6.07) is 0. The lowest BCUT2D eigenvalue weighted by molar-refractivity contribution is 0.449. The van der Waals surface area contributed by atoms with E-state index in [2.05, 4.69) is 6.92 Å². The highest BCUT2D eigenvalue weighted by Gasteiger charge is 2.03. The summed E-state index contributed by atoms with van der Waals surface area (Å²) in [6.45, 7) is 2.09. The molecule has 0 aromatic heterocycles. The molecule has 0 aliphatic carbocycles. The van der Waals surface area contributed by atoms with Crippen LogP contribution in [0.4, 0.5) is 4.39 Å². The third-order valence-corrected chi connectivity index (χ3v) is 4.46. The molecule has 0 spiro atoms. The number of hydrogen-bond donors (Lipinski definition) is 0. The zero-order valence-electron chi connectivity index (χ0n) is 13.6. The molecule has 0 fully saturated rings. The Morgan fingerprint density at radius 3 is 1.50 bits per heavy atom. The van der Waals surface area contributed by atoms with Crippen LogP contribution in [-0.2, 0) is 0 Å². The molecule has 0 aliphatic heterocycles. The molecule has 122 valence electrons. The Hall–Kier alpha value is 0.220. The van der Waals surface area contributed by atoms with Crippen LogP contribution < -0.4 is 0 Å². The van der Waals surface area contributed by atoms with Gasteiger partial charge in [-0.2, -0.15) is 0 Å². The van der Waals surface area contributed by atoms with Crippen molar-refractivity contribution in [2.45, 2.75) is 109 Å². The number of unbranched alkanes of at least 4 members (excludes halogenated alkanes) is 11. The zero-order chi connectivity index (χ0) is 14.9. The third-order valence-electron chi connectivity index (χ3n) is 4.02. The lowest BCUT2D eigenvalue weighted by Crippen LogP contribution is -1.98. The molecule has 0 nitrogen and oxygen atoms in total. The Balaban J connectivity index is 3.07. The Morgan fingerprint density at radius 1 is 0.650 bits per heavy atom. The van der Waals surface area contributed by atoms with Crippen LogP contribution in [0.5, 0.6) is 0 Å². The smallest absolute Gasteiger partial charge is 0.0894 e. The van der Waals surface area contributed by atoms with Gasteiger partial charge in [-0.1, -0.05) is 84.0 Å². The molecule has 0 radical (unpaired) electrons. The van der Waals surface area contributed by atoms with Crippen LogP contribution in [-0.4, -0.2) is 12.1 Å². The first-order valence-electron chi connectivity index (χ1n) is 9.01. The maximum atomic E-state index is 11.9. The Labute approximate surface area is 131 Å². The van der Waals surface area contributed by atoms with Gasteiger partial charge in [-0.15, -0.1) is 11.6 Å². The SMILES string of the molecule is CCCCCCCCCCCCC(Cl)CCCCCF. The molecule has 20 heavy (non-hydrogen) atoms. The van der Waals surface area contributed by atoms with Crippen molar-refractivity contribution in [2.75, 3.05) is 6.67 Å². The van der Waals surface area contributed by atoms with E-state index in [1.54, 1.807) is 0 Å². The van der Waals surface area contributed by atoms with Crippen molar-refractivity contribution in [3.63, 3.8) is 0 Å². The van der Waals surface area contributed by atoms with E-state index in [9.17, 15) is 4.39 Å². The van der Waals surface area contributed by atoms with E-state index >= 15 is 0 Å². The largest absolute Gasteiger partial charge is 0.251 e. The molecular formula is C18H36ClF. The monoisotopic (exact) mass is 306 g/mol. The van der Waals surface area contributed by atoms with Crippen molar-refractivity contribution in [1.29, 1.82) is 0 Å². The summed E-state index contributed by atoms with van der Waals surface area (Å²) in [5.41, 5.74) is 0. The van der Waals surface area contributed by atoms with Gasteiger partial charge in [-0.3, -0.25) is 4.39 Å². The van der Waals surface area contributed by atoms with Gasteiger partial charge in [-0.05, 0) is 19.3 Å². The molecule has 1 unspecified atom stereocenters. The van der Waals surface area contributed by atoms with Gasteiger partial charge in [-0.25, -0.2) is 0 Å². The van der Waals surface area contributed by atoms with Gasteiger partial charge in [0.25, 0.3) is 0 Å². The minimum Gasteiger partial charge on any atom is -0.251 e. The van der Waals surface area contributed by atoms with Gasteiger partial charge in [0.1, 0.15) is 0 Å². The molecule has 0 bridgehead atoms. The summed E-state index contributed by atoms with van der Waals surface area (Å²) in [5.74, 6) is 0. The van der Waals surface area contributed by atoms with E-state index in [1.807, 2.05) is 0 Å². The minimum absolute atomic E-state index is 0.175. The van der Waals surface area contributed by atoms with E-state index in [1.165, 1.54) is 64.2 Å². The second kappa shape index (κ2) is 17.3. The molecule has 0 saturated heterocycles. The summed E-state index contributed by atoms with van der Waals surface area (Å²) in [6.07, 6.45) is 18.8. The van der Waals surface area contributed by atoms with Crippen molar-refractivity contribution in [2.24, 2.45) is 0 Å². The normalized spacial score (nSPS) is 12.8. The standard InChI is InChI=1S/C18H36ClF/c1-2-3-4-5-6-7-8-9-10-12-15-18(19)16-13-11-14-17-20/h18H,2-17H2,1H3. The first-order chi connectivity index (χ1) is 9.81. The molecule has 0 aromatic carbocycles. The van der Waals surface area contributed by atoms with Crippen LogP contribution in [0.25, 0.3) is 0 Å². The predicted molar refractivity (Wildman–Crippen MR) is 90.5 cm³/mol. The highest BCUT2D eigenvalue weighted by Crippen LogP contribution is 2.17. The number of rotatable bonds is 16. The first-order valence-corrected chi connectivity index (χ1v) is 9.45. The number of hydrogen-bond acceptors (Lipinski definition) is 0. The molecule has 0 aliphatic rings. The van der Waals surface area contributed by atoms with Crippen molar-refractivity contribution < 1.29 is 4.39 Å². The van der Waals surface area contributed by atoms with Gasteiger partial charge in [0.05, 0.1) is 6.67 Å². The average molecular weight is 307 g/mol. The van der Waals surface area contributed by atoms with Gasteiger partial charge in [0.2, 0.25) is 0 Å². The van der Waals surface area contributed by atoms with Crippen molar-refractivity contribution in [3.05, 3.63) is 0 Å². The van der Waals surface area contributed by atoms with E-state index < -0.39 is 0 Å². The summed E-state index contributed by atoms with van der Waals surface area (Å²) in [7, 11) is 0. The first kappa shape index (κ1) is 20.2. The molecule has 1 atom stereocenters. The second-order valence-corrected chi connectivity index (χ2v) is 6.72. The highest BCUT2D eigenvalue weighted by atomic mass is 35.5. The second-order valence-electron chi connectivity index (χ2n) is 6.11. The molecule has 0 rings (SSSR count). The van der Waals surface area contributed by atoms with Gasteiger partial charge < -0.3 is 0 Å². The van der Waals surface area contributed by atoms with Gasteiger partial charge in [0.15, 0.2) is 0 Å². The lowest BCUT2D eigenvalue weighted by Gasteiger charge is -2.08. The van der Waals surface area contributed by atoms with Gasteiger partial charge in [0, 0.05) is 5.38 Å². The fourth-order valence-electron chi connectivity index (χ4n) is 2.63.